The predicted octanol–water partition coefficient (Wildman–Crippen LogP) is 3.24. The van der Waals surface area contributed by atoms with Crippen molar-refractivity contribution in [3.8, 4) is 0 Å². The zero-order valence-electron chi connectivity index (χ0n) is 10.4. The number of nitrogens with two attached hydrogens (primary N) is 1. The SMILES string of the molecule is CCc1cccc(NC(N)=NCc2ccsc2)c1. The maximum absolute atomic E-state index is 5.86. The van der Waals surface area contributed by atoms with Crippen LogP contribution in [-0.4, -0.2) is 5.96 Å². The zero-order valence-corrected chi connectivity index (χ0v) is 11.2. The lowest BCUT2D eigenvalue weighted by Crippen LogP contribution is -2.22. The first-order chi connectivity index (χ1) is 8.78. The normalized spacial score (nSPS) is 11.5. The molecule has 3 nitrogen and oxygen atoms in total. The van der Waals surface area contributed by atoms with Crippen LogP contribution >= 0.6 is 11.3 Å². The summed E-state index contributed by atoms with van der Waals surface area (Å²) in [5.74, 6) is 0.453. The lowest BCUT2D eigenvalue weighted by Gasteiger charge is -2.06. The summed E-state index contributed by atoms with van der Waals surface area (Å²) in [5, 5.41) is 7.23. The minimum absolute atomic E-state index is 0.453. The topological polar surface area (TPSA) is 50.4 Å². The summed E-state index contributed by atoms with van der Waals surface area (Å²) in [5.41, 5.74) is 9.31. The Morgan fingerprint density at radius 1 is 1.33 bits per heavy atom. The molecule has 0 aliphatic carbocycles. The Hall–Kier alpha value is -1.81. The van der Waals surface area contributed by atoms with Crippen molar-refractivity contribution in [2.45, 2.75) is 19.9 Å². The van der Waals surface area contributed by atoms with Gasteiger partial charge in [-0.25, -0.2) is 4.99 Å². The van der Waals surface area contributed by atoms with E-state index in [-0.39, 0.29) is 0 Å². The van der Waals surface area contributed by atoms with E-state index >= 15 is 0 Å². The molecule has 3 N–H and O–H groups in total. The van der Waals surface area contributed by atoms with Crippen molar-refractivity contribution < 1.29 is 0 Å². The largest absolute Gasteiger partial charge is 0.370 e. The molecular formula is C14H17N3S. The molecule has 0 saturated heterocycles. The quantitative estimate of drug-likeness (QED) is 0.654. The van der Waals surface area contributed by atoms with Crippen LogP contribution in [0.3, 0.4) is 0 Å². The van der Waals surface area contributed by atoms with Gasteiger partial charge in [0.2, 0.25) is 0 Å². The molecule has 0 atom stereocenters. The molecule has 0 aliphatic rings. The van der Waals surface area contributed by atoms with Crippen LogP contribution in [0.25, 0.3) is 0 Å². The minimum Gasteiger partial charge on any atom is -0.370 e. The number of anilines is 1. The molecule has 2 aromatic rings. The predicted molar refractivity (Wildman–Crippen MR) is 79.1 cm³/mol. The van der Waals surface area contributed by atoms with Crippen molar-refractivity contribution in [1.82, 2.24) is 0 Å². The highest BCUT2D eigenvalue weighted by Crippen LogP contribution is 2.11. The molecule has 1 heterocycles. The third-order valence-corrected chi connectivity index (χ3v) is 3.35. The van der Waals surface area contributed by atoms with Crippen molar-refractivity contribution in [1.29, 1.82) is 0 Å². The van der Waals surface area contributed by atoms with Crippen LogP contribution in [0.4, 0.5) is 5.69 Å². The van der Waals surface area contributed by atoms with Gasteiger partial charge in [-0.15, -0.1) is 0 Å². The number of guanidine groups is 1. The van der Waals surface area contributed by atoms with Gasteiger partial charge in [-0.05, 0) is 46.5 Å². The maximum Gasteiger partial charge on any atom is 0.193 e. The summed E-state index contributed by atoms with van der Waals surface area (Å²) in [7, 11) is 0. The molecule has 1 aromatic carbocycles. The van der Waals surface area contributed by atoms with Gasteiger partial charge in [0.05, 0.1) is 6.54 Å². The first kappa shape index (κ1) is 12.6. The van der Waals surface area contributed by atoms with Crippen molar-refractivity contribution in [2.75, 3.05) is 5.32 Å². The van der Waals surface area contributed by atoms with E-state index in [4.69, 9.17) is 5.73 Å². The molecule has 0 aliphatic heterocycles. The van der Waals surface area contributed by atoms with Gasteiger partial charge in [-0.3, -0.25) is 0 Å². The molecule has 0 saturated carbocycles. The third kappa shape index (κ3) is 3.60. The Bertz CT molecular complexity index is 518. The number of thiophene rings is 1. The van der Waals surface area contributed by atoms with Gasteiger partial charge in [-0.1, -0.05) is 19.1 Å². The van der Waals surface area contributed by atoms with Gasteiger partial charge in [0.25, 0.3) is 0 Å². The molecule has 94 valence electrons. The summed E-state index contributed by atoms with van der Waals surface area (Å²) in [6, 6.07) is 10.3. The van der Waals surface area contributed by atoms with Crippen LogP contribution < -0.4 is 11.1 Å². The minimum atomic E-state index is 0.453. The number of aliphatic imine (C=N–C) groups is 1. The molecule has 0 amide bonds. The first-order valence-electron chi connectivity index (χ1n) is 5.95. The van der Waals surface area contributed by atoms with Gasteiger partial charge in [0, 0.05) is 5.69 Å². The Kier molecular flexibility index (Phi) is 4.36. The molecule has 18 heavy (non-hydrogen) atoms. The van der Waals surface area contributed by atoms with E-state index < -0.39 is 0 Å². The van der Waals surface area contributed by atoms with Gasteiger partial charge >= 0.3 is 0 Å². The number of rotatable bonds is 4. The number of nitrogens with zero attached hydrogens (tertiary/aromatic N) is 1. The highest BCUT2D eigenvalue weighted by Gasteiger charge is 1.97. The maximum atomic E-state index is 5.86. The summed E-state index contributed by atoms with van der Waals surface area (Å²) in [4.78, 5) is 4.31. The molecule has 1 aromatic heterocycles. The Balaban J connectivity index is 1.97. The Labute approximate surface area is 111 Å². The van der Waals surface area contributed by atoms with Crippen LogP contribution in [-0.2, 0) is 13.0 Å². The van der Waals surface area contributed by atoms with Gasteiger partial charge in [-0.2, -0.15) is 11.3 Å². The smallest absolute Gasteiger partial charge is 0.193 e. The number of nitrogens with one attached hydrogen (secondary N) is 1. The van der Waals surface area contributed by atoms with Crippen LogP contribution in [0.5, 0.6) is 0 Å². The average Bonchev–Trinajstić information content (AvgIpc) is 2.90. The molecule has 2 rings (SSSR count). The summed E-state index contributed by atoms with van der Waals surface area (Å²) < 4.78 is 0. The Morgan fingerprint density at radius 2 is 2.22 bits per heavy atom. The number of benzene rings is 1. The van der Waals surface area contributed by atoms with Crippen LogP contribution in [0.2, 0.25) is 0 Å². The molecule has 0 spiro atoms. The lowest BCUT2D eigenvalue weighted by molar-refractivity contribution is 1.07. The molecule has 0 unspecified atom stereocenters. The van der Waals surface area contributed by atoms with E-state index in [9.17, 15) is 0 Å². The van der Waals surface area contributed by atoms with Gasteiger partial charge in [0.1, 0.15) is 0 Å². The second-order valence-electron chi connectivity index (χ2n) is 4.01. The summed E-state index contributed by atoms with van der Waals surface area (Å²) >= 11 is 1.67. The Morgan fingerprint density at radius 3 is 2.94 bits per heavy atom. The van der Waals surface area contributed by atoms with Crippen molar-refractivity contribution >= 4 is 23.0 Å². The molecule has 0 bridgehead atoms. The fourth-order valence-electron chi connectivity index (χ4n) is 1.62. The first-order valence-corrected chi connectivity index (χ1v) is 6.89. The van der Waals surface area contributed by atoms with Crippen molar-refractivity contribution in [3.63, 3.8) is 0 Å². The molecule has 4 heteroatoms. The van der Waals surface area contributed by atoms with E-state index in [0.717, 1.165) is 12.1 Å². The number of aryl methyl sites for hydroxylation is 1. The van der Waals surface area contributed by atoms with Crippen LogP contribution in [0.15, 0.2) is 46.1 Å². The molecule has 0 radical (unpaired) electrons. The fourth-order valence-corrected chi connectivity index (χ4v) is 2.28. The molecule has 0 fully saturated rings. The summed E-state index contributed by atoms with van der Waals surface area (Å²) in [6.07, 6.45) is 1.02. The van der Waals surface area contributed by atoms with Crippen LogP contribution in [0.1, 0.15) is 18.1 Å². The van der Waals surface area contributed by atoms with E-state index in [1.54, 1.807) is 11.3 Å². The van der Waals surface area contributed by atoms with E-state index in [1.165, 1.54) is 11.1 Å². The number of hydrogen-bond acceptors (Lipinski definition) is 2. The highest BCUT2D eigenvalue weighted by molar-refractivity contribution is 7.07. The third-order valence-electron chi connectivity index (χ3n) is 2.62. The van der Waals surface area contributed by atoms with Gasteiger partial charge < -0.3 is 11.1 Å². The standard InChI is InChI=1S/C14H17N3S/c1-2-11-4-3-5-13(8-11)17-14(15)16-9-12-6-7-18-10-12/h3-8,10H,2,9H2,1H3,(H3,15,16,17). The number of hydrogen-bond donors (Lipinski definition) is 2. The fraction of sp³-hybridized carbons (Fsp3) is 0.214. The zero-order chi connectivity index (χ0) is 12.8. The van der Waals surface area contributed by atoms with Crippen LogP contribution in [0, 0.1) is 0 Å². The second-order valence-corrected chi connectivity index (χ2v) is 4.79. The van der Waals surface area contributed by atoms with E-state index in [0.29, 0.717) is 12.5 Å². The second kappa shape index (κ2) is 6.21. The monoisotopic (exact) mass is 259 g/mol. The van der Waals surface area contributed by atoms with E-state index in [1.807, 2.05) is 17.5 Å². The molecular weight excluding hydrogens is 242 g/mol. The average molecular weight is 259 g/mol. The van der Waals surface area contributed by atoms with Crippen molar-refractivity contribution in [2.24, 2.45) is 10.7 Å². The lowest BCUT2D eigenvalue weighted by atomic mass is 10.1. The summed E-state index contributed by atoms with van der Waals surface area (Å²) in [6.45, 7) is 2.75. The highest BCUT2D eigenvalue weighted by atomic mass is 32.1. The van der Waals surface area contributed by atoms with Gasteiger partial charge in [0.15, 0.2) is 5.96 Å². The van der Waals surface area contributed by atoms with Crippen molar-refractivity contribution in [3.05, 3.63) is 52.2 Å². The van der Waals surface area contributed by atoms with E-state index in [2.05, 4.69) is 40.8 Å².